The molecule has 0 radical (unpaired) electrons. The average molecular weight is 337 g/mol. The Labute approximate surface area is 138 Å². The largest absolute Gasteiger partial charge is 0.452 e. The van der Waals surface area contributed by atoms with Gasteiger partial charge in [0.05, 0.1) is 5.69 Å². The Kier molecular flexibility index (Phi) is 5.76. The molecule has 0 bridgehead atoms. The third-order valence-corrected chi connectivity index (χ3v) is 3.42. The fraction of sp³-hybridized carbons (Fsp3) is 0.312. The molecule has 0 aliphatic rings. The highest BCUT2D eigenvalue weighted by molar-refractivity contribution is 6.30. The number of nitrogens with one attached hydrogen (secondary N) is 1. The maximum Gasteiger partial charge on any atom is 0.344 e. The van der Waals surface area contributed by atoms with E-state index in [4.69, 9.17) is 20.9 Å². The van der Waals surface area contributed by atoms with Crippen LogP contribution in [0.1, 0.15) is 34.3 Å². The lowest BCUT2D eigenvalue weighted by Gasteiger charge is -2.07. The number of carbonyl (C=O) groups is 2. The number of aryl methyl sites for hydroxylation is 2. The van der Waals surface area contributed by atoms with Crippen LogP contribution in [0.4, 0.5) is 0 Å². The number of rotatable bonds is 6. The number of ether oxygens (including phenoxy) is 1. The van der Waals surface area contributed by atoms with E-state index in [1.54, 1.807) is 25.1 Å². The maximum atomic E-state index is 12.0. The summed E-state index contributed by atoms with van der Waals surface area (Å²) >= 11 is 5.87. The van der Waals surface area contributed by atoms with Gasteiger partial charge in [-0.25, -0.2) is 4.79 Å². The monoisotopic (exact) mass is 336 g/mol. The molecule has 2 rings (SSSR count). The number of hydrogen-bond acceptors (Lipinski definition) is 5. The molecule has 122 valence electrons. The molecule has 1 N–H and O–H groups in total. The number of hydrogen-bond donors (Lipinski definition) is 1. The zero-order valence-electron chi connectivity index (χ0n) is 12.9. The normalized spacial score (nSPS) is 10.4. The Morgan fingerprint density at radius 3 is 2.87 bits per heavy atom. The minimum Gasteiger partial charge on any atom is -0.452 e. The molecular weight excluding hydrogens is 320 g/mol. The van der Waals surface area contributed by atoms with Crippen LogP contribution in [-0.4, -0.2) is 23.6 Å². The SMILES string of the molecule is CCc1noc(C)c1C(=O)OCC(=O)NCc1cccc(Cl)c1. The summed E-state index contributed by atoms with van der Waals surface area (Å²) < 4.78 is 9.97. The third kappa shape index (κ3) is 4.56. The molecule has 7 heteroatoms. The van der Waals surface area contributed by atoms with Crippen molar-refractivity contribution in [3.63, 3.8) is 0 Å². The van der Waals surface area contributed by atoms with Crippen LogP contribution in [0.3, 0.4) is 0 Å². The summed E-state index contributed by atoms with van der Waals surface area (Å²) in [5.74, 6) is -0.629. The van der Waals surface area contributed by atoms with E-state index in [1.807, 2.05) is 13.0 Å². The molecule has 0 aliphatic heterocycles. The quantitative estimate of drug-likeness (QED) is 0.820. The van der Waals surface area contributed by atoms with Gasteiger partial charge in [-0.05, 0) is 31.0 Å². The minimum absolute atomic E-state index is 0.287. The summed E-state index contributed by atoms with van der Waals surface area (Å²) in [6, 6.07) is 7.14. The Hall–Kier alpha value is -2.34. The number of carbonyl (C=O) groups excluding carboxylic acids is 2. The number of amides is 1. The van der Waals surface area contributed by atoms with Gasteiger partial charge in [0.15, 0.2) is 6.61 Å². The van der Waals surface area contributed by atoms with Crippen molar-refractivity contribution in [3.8, 4) is 0 Å². The predicted octanol–water partition coefficient (Wildman–Crippen LogP) is 2.67. The fourth-order valence-electron chi connectivity index (χ4n) is 2.02. The van der Waals surface area contributed by atoms with Gasteiger partial charge in [-0.15, -0.1) is 0 Å². The summed E-state index contributed by atoms with van der Waals surface area (Å²) in [5, 5.41) is 7.03. The molecule has 1 aromatic heterocycles. The van der Waals surface area contributed by atoms with Crippen LogP contribution >= 0.6 is 11.6 Å². The Bertz CT molecular complexity index is 712. The van der Waals surface area contributed by atoms with Gasteiger partial charge in [-0.2, -0.15) is 0 Å². The molecule has 1 heterocycles. The first-order valence-corrected chi connectivity index (χ1v) is 7.52. The van der Waals surface area contributed by atoms with Gasteiger partial charge in [0.25, 0.3) is 5.91 Å². The zero-order valence-corrected chi connectivity index (χ0v) is 13.6. The molecule has 0 fully saturated rings. The lowest BCUT2D eigenvalue weighted by atomic mass is 10.1. The molecule has 0 saturated heterocycles. The first-order chi connectivity index (χ1) is 11.0. The van der Waals surface area contributed by atoms with Crippen LogP contribution in [0.2, 0.25) is 5.02 Å². The highest BCUT2D eigenvalue weighted by atomic mass is 35.5. The molecular formula is C16H17ClN2O4. The van der Waals surface area contributed by atoms with Crippen molar-refractivity contribution in [2.24, 2.45) is 0 Å². The van der Waals surface area contributed by atoms with E-state index in [0.717, 1.165) is 5.56 Å². The number of benzene rings is 1. The summed E-state index contributed by atoms with van der Waals surface area (Å²) in [6.45, 7) is 3.42. The zero-order chi connectivity index (χ0) is 16.8. The molecule has 0 saturated carbocycles. The molecule has 0 unspecified atom stereocenters. The Balaban J connectivity index is 1.84. The summed E-state index contributed by atoms with van der Waals surface area (Å²) in [6.07, 6.45) is 0.544. The van der Waals surface area contributed by atoms with Crippen molar-refractivity contribution in [3.05, 3.63) is 51.9 Å². The van der Waals surface area contributed by atoms with E-state index < -0.39 is 11.9 Å². The van der Waals surface area contributed by atoms with Gasteiger partial charge >= 0.3 is 5.97 Å². The van der Waals surface area contributed by atoms with Crippen LogP contribution in [0, 0.1) is 6.92 Å². The summed E-state index contributed by atoms with van der Waals surface area (Å²) in [5.41, 5.74) is 1.67. The third-order valence-electron chi connectivity index (χ3n) is 3.19. The predicted molar refractivity (Wildman–Crippen MR) is 84.2 cm³/mol. The highest BCUT2D eigenvalue weighted by Crippen LogP contribution is 2.15. The molecule has 0 aliphatic carbocycles. The molecule has 23 heavy (non-hydrogen) atoms. The van der Waals surface area contributed by atoms with Crippen molar-refractivity contribution in [1.82, 2.24) is 10.5 Å². The van der Waals surface area contributed by atoms with Crippen LogP contribution in [0.15, 0.2) is 28.8 Å². The number of esters is 1. The second-order valence-electron chi connectivity index (χ2n) is 4.90. The highest BCUT2D eigenvalue weighted by Gasteiger charge is 2.21. The van der Waals surface area contributed by atoms with Crippen LogP contribution < -0.4 is 5.32 Å². The van der Waals surface area contributed by atoms with Gasteiger partial charge in [0.1, 0.15) is 11.3 Å². The van der Waals surface area contributed by atoms with Gasteiger partial charge in [-0.3, -0.25) is 4.79 Å². The molecule has 1 aromatic carbocycles. The maximum absolute atomic E-state index is 12.0. The molecule has 0 atom stereocenters. The van der Waals surface area contributed by atoms with Gasteiger partial charge < -0.3 is 14.6 Å². The molecule has 6 nitrogen and oxygen atoms in total. The summed E-state index contributed by atoms with van der Waals surface area (Å²) in [4.78, 5) is 23.8. The van der Waals surface area contributed by atoms with Gasteiger partial charge in [-0.1, -0.05) is 35.8 Å². The van der Waals surface area contributed by atoms with Crippen LogP contribution in [0.25, 0.3) is 0 Å². The van der Waals surface area contributed by atoms with Crippen molar-refractivity contribution in [2.75, 3.05) is 6.61 Å². The number of aromatic nitrogens is 1. The Morgan fingerprint density at radius 2 is 2.17 bits per heavy atom. The van der Waals surface area contributed by atoms with Crippen LogP contribution in [0.5, 0.6) is 0 Å². The standard InChI is InChI=1S/C16H17ClN2O4/c1-3-13-15(10(2)23-19-13)16(21)22-9-14(20)18-8-11-5-4-6-12(17)7-11/h4-7H,3,8-9H2,1-2H3,(H,18,20). The lowest BCUT2D eigenvalue weighted by molar-refractivity contribution is -0.124. The van der Waals surface area contributed by atoms with Crippen molar-refractivity contribution < 1.29 is 18.8 Å². The molecule has 2 aromatic rings. The Morgan fingerprint density at radius 1 is 1.39 bits per heavy atom. The second-order valence-corrected chi connectivity index (χ2v) is 5.33. The number of halogens is 1. The van der Waals surface area contributed by atoms with E-state index >= 15 is 0 Å². The number of nitrogens with zero attached hydrogens (tertiary/aromatic N) is 1. The summed E-state index contributed by atoms with van der Waals surface area (Å²) in [7, 11) is 0. The first-order valence-electron chi connectivity index (χ1n) is 7.14. The minimum atomic E-state index is -0.612. The van der Waals surface area contributed by atoms with Crippen LogP contribution in [-0.2, 0) is 22.5 Å². The fourth-order valence-corrected chi connectivity index (χ4v) is 2.24. The van der Waals surface area contributed by atoms with Crippen molar-refractivity contribution in [2.45, 2.75) is 26.8 Å². The second kappa shape index (κ2) is 7.78. The van der Waals surface area contributed by atoms with Gasteiger partial charge in [0, 0.05) is 11.6 Å². The van der Waals surface area contributed by atoms with E-state index in [2.05, 4.69) is 10.5 Å². The van der Waals surface area contributed by atoms with E-state index in [-0.39, 0.29) is 12.2 Å². The molecule has 0 spiro atoms. The van der Waals surface area contributed by atoms with E-state index in [0.29, 0.717) is 29.4 Å². The topological polar surface area (TPSA) is 81.4 Å². The smallest absolute Gasteiger partial charge is 0.344 e. The average Bonchev–Trinajstić information content (AvgIpc) is 2.91. The first kappa shape index (κ1) is 17.0. The van der Waals surface area contributed by atoms with Crippen molar-refractivity contribution >= 4 is 23.5 Å². The lowest BCUT2D eigenvalue weighted by Crippen LogP contribution is -2.28. The van der Waals surface area contributed by atoms with E-state index in [9.17, 15) is 9.59 Å². The molecule has 1 amide bonds. The van der Waals surface area contributed by atoms with Crippen molar-refractivity contribution in [1.29, 1.82) is 0 Å². The van der Waals surface area contributed by atoms with Gasteiger partial charge in [0.2, 0.25) is 0 Å². The van der Waals surface area contributed by atoms with E-state index in [1.165, 1.54) is 0 Å².